The van der Waals surface area contributed by atoms with E-state index in [0.29, 0.717) is 5.92 Å². The van der Waals surface area contributed by atoms with Gasteiger partial charge in [0.2, 0.25) is 0 Å². The van der Waals surface area contributed by atoms with Crippen molar-refractivity contribution in [1.82, 2.24) is 0 Å². The summed E-state index contributed by atoms with van der Waals surface area (Å²) in [6.45, 7) is 4.04. The Labute approximate surface area is 110 Å². The number of carbonyl (C=O) groups is 1. The maximum Gasteiger partial charge on any atom is 0.308 e. The van der Waals surface area contributed by atoms with Gasteiger partial charge >= 0.3 is 5.97 Å². The van der Waals surface area contributed by atoms with Crippen molar-refractivity contribution < 1.29 is 9.53 Å². The van der Waals surface area contributed by atoms with Crippen LogP contribution in [-0.2, 0) is 9.53 Å². The molecule has 2 nitrogen and oxygen atoms in total. The molecule has 3 fully saturated rings. The van der Waals surface area contributed by atoms with Gasteiger partial charge in [-0.2, -0.15) is 0 Å². The number of ether oxygens (including phenoxy) is 1. The van der Waals surface area contributed by atoms with Gasteiger partial charge in [0.15, 0.2) is 0 Å². The standard InChI is InChI=1S/C16H26O2/c1-3-10(2)16(17)18-15-9-11-8-14(15)13-7-5-4-6-12(11)13/h10-15H,3-9H2,1-2H3. The molecular weight excluding hydrogens is 224 g/mol. The predicted octanol–water partition coefficient (Wildman–Crippen LogP) is 3.79. The second kappa shape index (κ2) is 4.86. The van der Waals surface area contributed by atoms with Crippen LogP contribution in [0.2, 0.25) is 0 Å². The van der Waals surface area contributed by atoms with Gasteiger partial charge in [0, 0.05) is 0 Å². The second-order valence-electron chi connectivity index (χ2n) is 6.79. The highest BCUT2D eigenvalue weighted by Crippen LogP contribution is 2.58. The minimum absolute atomic E-state index is 0.0439. The molecular formula is C16H26O2. The van der Waals surface area contributed by atoms with E-state index >= 15 is 0 Å². The van der Waals surface area contributed by atoms with Gasteiger partial charge < -0.3 is 4.74 Å². The Kier molecular flexibility index (Phi) is 3.38. The molecule has 0 aliphatic heterocycles. The van der Waals surface area contributed by atoms with Crippen molar-refractivity contribution in [2.24, 2.45) is 29.6 Å². The summed E-state index contributed by atoms with van der Waals surface area (Å²) in [4.78, 5) is 11.9. The third-order valence-electron chi connectivity index (χ3n) is 5.90. The Morgan fingerprint density at radius 1 is 1.17 bits per heavy atom. The lowest BCUT2D eigenvalue weighted by Crippen LogP contribution is -2.36. The molecule has 102 valence electrons. The van der Waals surface area contributed by atoms with E-state index in [4.69, 9.17) is 4.74 Å². The molecule has 2 bridgehead atoms. The van der Waals surface area contributed by atoms with Crippen LogP contribution in [-0.4, -0.2) is 12.1 Å². The van der Waals surface area contributed by atoms with Gasteiger partial charge in [-0.05, 0) is 55.8 Å². The molecule has 0 heterocycles. The van der Waals surface area contributed by atoms with E-state index in [9.17, 15) is 4.79 Å². The van der Waals surface area contributed by atoms with E-state index in [2.05, 4.69) is 6.92 Å². The van der Waals surface area contributed by atoms with Gasteiger partial charge in [0.25, 0.3) is 0 Å². The molecule has 2 heteroatoms. The molecule has 6 unspecified atom stereocenters. The number of carbonyl (C=O) groups excluding carboxylic acids is 1. The Bertz CT molecular complexity index is 325. The van der Waals surface area contributed by atoms with Crippen molar-refractivity contribution in [2.75, 3.05) is 0 Å². The van der Waals surface area contributed by atoms with Crippen molar-refractivity contribution in [3.63, 3.8) is 0 Å². The van der Waals surface area contributed by atoms with Crippen LogP contribution in [0.25, 0.3) is 0 Å². The van der Waals surface area contributed by atoms with Crippen LogP contribution >= 0.6 is 0 Å². The van der Waals surface area contributed by atoms with Gasteiger partial charge in [-0.15, -0.1) is 0 Å². The van der Waals surface area contributed by atoms with Crippen LogP contribution < -0.4 is 0 Å². The molecule has 0 N–H and O–H groups in total. The summed E-state index contributed by atoms with van der Waals surface area (Å²) in [7, 11) is 0. The average molecular weight is 250 g/mol. The number of fused-ring (bicyclic) bond motifs is 5. The number of esters is 1. The van der Waals surface area contributed by atoms with Crippen molar-refractivity contribution in [3.8, 4) is 0 Å². The molecule has 3 aliphatic rings. The summed E-state index contributed by atoms with van der Waals surface area (Å²) >= 11 is 0. The first-order valence-corrected chi connectivity index (χ1v) is 7.91. The second-order valence-corrected chi connectivity index (χ2v) is 6.79. The molecule has 0 aromatic rings. The highest BCUT2D eigenvalue weighted by molar-refractivity contribution is 5.72. The maximum atomic E-state index is 11.9. The molecule has 3 saturated carbocycles. The third-order valence-corrected chi connectivity index (χ3v) is 5.90. The van der Waals surface area contributed by atoms with Gasteiger partial charge in [-0.25, -0.2) is 0 Å². The van der Waals surface area contributed by atoms with Crippen LogP contribution in [0.5, 0.6) is 0 Å². The Balaban J connectivity index is 1.62. The minimum Gasteiger partial charge on any atom is -0.462 e. The predicted molar refractivity (Wildman–Crippen MR) is 71.0 cm³/mol. The first kappa shape index (κ1) is 12.5. The van der Waals surface area contributed by atoms with Crippen molar-refractivity contribution in [2.45, 2.75) is 64.9 Å². The summed E-state index contributed by atoms with van der Waals surface area (Å²) in [5.74, 6) is 3.55. The van der Waals surface area contributed by atoms with E-state index < -0.39 is 0 Å². The topological polar surface area (TPSA) is 26.3 Å². The normalized spacial score (nSPS) is 43.6. The van der Waals surface area contributed by atoms with Crippen molar-refractivity contribution >= 4 is 5.97 Å². The fraction of sp³-hybridized carbons (Fsp3) is 0.938. The summed E-state index contributed by atoms with van der Waals surface area (Å²) in [5.41, 5.74) is 0. The average Bonchev–Trinajstić information content (AvgIpc) is 2.96. The molecule has 0 amide bonds. The van der Waals surface area contributed by atoms with E-state index in [1.165, 1.54) is 32.1 Å². The molecule has 0 saturated heterocycles. The summed E-state index contributed by atoms with van der Waals surface area (Å²) in [6, 6.07) is 0. The first-order valence-electron chi connectivity index (χ1n) is 7.91. The van der Waals surface area contributed by atoms with Gasteiger partial charge in [-0.1, -0.05) is 26.7 Å². The van der Waals surface area contributed by atoms with Crippen LogP contribution in [0.4, 0.5) is 0 Å². The Morgan fingerprint density at radius 2 is 1.89 bits per heavy atom. The van der Waals surface area contributed by atoms with E-state index in [1.807, 2.05) is 6.92 Å². The molecule has 0 aromatic heterocycles. The summed E-state index contributed by atoms with van der Waals surface area (Å²) < 4.78 is 5.81. The molecule has 3 aliphatic carbocycles. The van der Waals surface area contributed by atoms with Crippen LogP contribution in [0.1, 0.15) is 58.8 Å². The van der Waals surface area contributed by atoms with Gasteiger partial charge in [0.05, 0.1) is 5.92 Å². The monoisotopic (exact) mass is 250 g/mol. The number of hydrogen-bond acceptors (Lipinski definition) is 2. The molecule has 6 atom stereocenters. The highest BCUT2D eigenvalue weighted by atomic mass is 16.5. The fourth-order valence-electron chi connectivity index (χ4n) is 4.74. The zero-order valence-electron chi connectivity index (χ0n) is 11.7. The Morgan fingerprint density at radius 3 is 2.61 bits per heavy atom. The zero-order chi connectivity index (χ0) is 12.7. The van der Waals surface area contributed by atoms with E-state index in [0.717, 1.165) is 30.6 Å². The van der Waals surface area contributed by atoms with Crippen molar-refractivity contribution in [3.05, 3.63) is 0 Å². The number of rotatable bonds is 3. The molecule has 0 aromatic carbocycles. The summed E-state index contributed by atoms with van der Waals surface area (Å²) in [6.07, 6.45) is 9.32. The van der Waals surface area contributed by atoms with Gasteiger partial charge in [-0.3, -0.25) is 4.79 Å². The maximum absolute atomic E-state index is 11.9. The summed E-state index contributed by atoms with van der Waals surface area (Å²) in [5, 5.41) is 0. The molecule has 18 heavy (non-hydrogen) atoms. The van der Waals surface area contributed by atoms with Crippen LogP contribution in [0, 0.1) is 29.6 Å². The highest BCUT2D eigenvalue weighted by Gasteiger charge is 2.54. The zero-order valence-corrected chi connectivity index (χ0v) is 11.7. The molecule has 3 rings (SSSR count). The largest absolute Gasteiger partial charge is 0.462 e. The molecule has 0 spiro atoms. The van der Waals surface area contributed by atoms with Crippen LogP contribution in [0.3, 0.4) is 0 Å². The molecule has 0 radical (unpaired) electrons. The lowest BCUT2D eigenvalue weighted by molar-refractivity contribution is -0.158. The smallest absolute Gasteiger partial charge is 0.308 e. The van der Waals surface area contributed by atoms with Crippen LogP contribution in [0.15, 0.2) is 0 Å². The van der Waals surface area contributed by atoms with E-state index in [-0.39, 0.29) is 18.0 Å². The van der Waals surface area contributed by atoms with Gasteiger partial charge in [0.1, 0.15) is 6.10 Å². The first-order chi connectivity index (χ1) is 8.70. The lowest BCUT2D eigenvalue weighted by Gasteiger charge is -2.38. The third kappa shape index (κ3) is 1.98. The lowest BCUT2D eigenvalue weighted by atomic mass is 9.70. The quantitative estimate of drug-likeness (QED) is 0.712. The van der Waals surface area contributed by atoms with E-state index in [1.54, 1.807) is 0 Å². The Hall–Kier alpha value is -0.530. The SMILES string of the molecule is CCC(C)C(=O)OC1CC2CC1C1CCCCC21. The minimum atomic E-state index is 0.0439. The van der Waals surface area contributed by atoms with Crippen molar-refractivity contribution in [1.29, 1.82) is 0 Å². The fourth-order valence-corrected chi connectivity index (χ4v) is 4.74. The number of hydrogen-bond donors (Lipinski definition) is 0.